The van der Waals surface area contributed by atoms with Gasteiger partial charge in [0, 0.05) is 5.69 Å². The molecule has 0 radical (unpaired) electrons. The van der Waals surface area contributed by atoms with Gasteiger partial charge in [-0.05, 0) is 13.8 Å². The molecule has 0 unspecified atom stereocenters. The number of aryl methyl sites for hydroxylation is 1. The fourth-order valence-corrected chi connectivity index (χ4v) is 1.75. The van der Waals surface area contributed by atoms with Crippen LogP contribution in [0.25, 0.3) is 5.82 Å². The molecule has 0 saturated carbocycles. The molecule has 0 amide bonds. The number of hydrogen-bond acceptors (Lipinski definition) is 4. The van der Waals surface area contributed by atoms with Crippen LogP contribution in [0.1, 0.15) is 11.4 Å². The van der Waals surface area contributed by atoms with Crippen molar-refractivity contribution in [2.24, 2.45) is 0 Å². The van der Waals surface area contributed by atoms with Crippen LogP contribution in [0, 0.1) is 13.8 Å². The lowest BCUT2D eigenvalue weighted by Crippen LogP contribution is -1.95. The molecule has 0 saturated heterocycles. The van der Waals surface area contributed by atoms with Crippen LogP contribution in [0.4, 0.5) is 0 Å². The largest absolute Gasteiger partial charge is 0.284 e. The topological polar surface area (TPSA) is 43.6 Å². The first kappa shape index (κ1) is 8.65. The molecular weight excluding hydrogens is 208 g/mol. The summed E-state index contributed by atoms with van der Waals surface area (Å²) >= 11 is 6.94. The number of rotatable bonds is 1. The van der Waals surface area contributed by atoms with E-state index < -0.39 is 0 Å². The van der Waals surface area contributed by atoms with Crippen molar-refractivity contribution in [3.05, 3.63) is 22.9 Å². The van der Waals surface area contributed by atoms with Gasteiger partial charge in [0.2, 0.25) is 0 Å². The van der Waals surface area contributed by atoms with Crippen molar-refractivity contribution in [2.75, 3.05) is 0 Å². The predicted octanol–water partition coefficient (Wildman–Crippen LogP) is 1.99. The lowest BCUT2D eigenvalue weighted by Gasteiger charge is -1.99. The Labute approximate surface area is 84.5 Å². The highest BCUT2D eigenvalue weighted by molar-refractivity contribution is 6.99. The van der Waals surface area contributed by atoms with E-state index in [9.17, 15) is 0 Å². The van der Waals surface area contributed by atoms with Gasteiger partial charge < -0.3 is 0 Å². The van der Waals surface area contributed by atoms with E-state index >= 15 is 0 Å². The summed E-state index contributed by atoms with van der Waals surface area (Å²) in [6.07, 6.45) is 1.70. The highest BCUT2D eigenvalue weighted by atomic mass is 35.5. The summed E-state index contributed by atoms with van der Waals surface area (Å²) in [6.45, 7) is 3.91. The number of imidazole rings is 1. The van der Waals surface area contributed by atoms with Crippen molar-refractivity contribution in [1.29, 1.82) is 0 Å². The molecule has 0 aliphatic heterocycles. The summed E-state index contributed by atoms with van der Waals surface area (Å²) in [5, 5.41) is 0.422. The normalized spacial score (nSPS) is 10.7. The van der Waals surface area contributed by atoms with E-state index in [2.05, 4.69) is 13.7 Å². The molecule has 0 bridgehead atoms. The quantitative estimate of drug-likeness (QED) is 0.729. The predicted molar refractivity (Wildman–Crippen MR) is 51.5 cm³/mol. The molecule has 68 valence electrons. The maximum atomic E-state index is 5.84. The van der Waals surface area contributed by atoms with Crippen LogP contribution < -0.4 is 0 Å². The first-order chi connectivity index (χ1) is 6.20. The minimum Gasteiger partial charge on any atom is -0.284 e. The van der Waals surface area contributed by atoms with E-state index in [-0.39, 0.29) is 0 Å². The van der Waals surface area contributed by atoms with Gasteiger partial charge in [-0.15, -0.1) is 0 Å². The van der Waals surface area contributed by atoms with Crippen LogP contribution in [0.15, 0.2) is 6.33 Å². The third-order valence-electron chi connectivity index (χ3n) is 1.91. The summed E-state index contributed by atoms with van der Waals surface area (Å²) in [4.78, 5) is 4.15. The number of nitrogens with zero attached hydrogens (tertiary/aromatic N) is 4. The summed E-state index contributed by atoms with van der Waals surface area (Å²) in [7, 11) is 0. The Bertz CT molecular complexity index is 433. The molecule has 13 heavy (non-hydrogen) atoms. The maximum Gasteiger partial charge on any atom is 0.191 e. The first-order valence-electron chi connectivity index (χ1n) is 3.69. The van der Waals surface area contributed by atoms with Crippen LogP contribution in [0.3, 0.4) is 0 Å². The van der Waals surface area contributed by atoms with Crippen molar-refractivity contribution in [3.63, 3.8) is 0 Å². The lowest BCUT2D eigenvalue weighted by molar-refractivity contribution is 0.971. The molecule has 2 aromatic rings. The molecule has 0 atom stereocenters. The highest BCUT2D eigenvalue weighted by Crippen LogP contribution is 2.19. The zero-order valence-corrected chi connectivity index (χ0v) is 8.72. The molecule has 4 nitrogen and oxygen atoms in total. The Hall–Kier alpha value is -0.940. The molecule has 0 N–H and O–H groups in total. The van der Waals surface area contributed by atoms with Gasteiger partial charge in [-0.25, -0.2) is 4.98 Å². The van der Waals surface area contributed by atoms with E-state index in [0.29, 0.717) is 11.0 Å². The minimum atomic E-state index is 0.422. The van der Waals surface area contributed by atoms with Crippen molar-refractivity contribution in [3.8, 4) is 5.82 Å². The zero-order chi connectivity index (χ0) is 9.42. The second-order valence-electron chi connectivity index (χ2n) is 2.66. The van der Waals surface area contributed by atoms with E-state index in [1.165, 1.54) is 0 Å². The monoisotopic (exact) mass is 214 g/mol. The Balaban J connectivity index is 2.59. The fourth-order valence-electron chi connectivity index (χ4n) is 1.03. The molecule has 0 aliphatic carbocycles. The van der Waals surface area contributed by atoms with Gasteiger partial charge in [0.25, 0.3) is 0 Å². The van der Waals surface area contributed by atoms with Crippen LogP contribution in [-0.2, 0) is 0 Å². The summed E-state index contributed by atoms with van der Waals surface area (Å²) < 4.78 is 9.81. The lowest BCUT2D eigenvalue weighted by atomic mass is 10.4. The number of halogens is 1. The van der Waals surface area contributed by atoms with E-state index in [0.717, 1.165) is 23.1 Å². The Morgan fingerprint density at radius 3 is 2.62 bits per heavy atom. The SMILES string of the molecule is Cc1ncn(-c2nsnc2Cl)c1C. The van der Waals surface area contributed by atoms with Gasteiger partial charge in [0.1, 0.15) is 6.33 Å². The van der Waals surface area contributed by atoms with Crippen molar-refractivity contribution >= 4 is 23.3 Å². The van der Waals surface area contributed by atoms with Gasteiger partial charge in [-0.2, -0.15) is 8.75 Å². The van der Waals surface area contributed by atoms with Crippen LogP contribution >= 0.6 is 23.3 Å². The molecule has 0 aliphatic rings. The molecule has 6 heteroatoms. The summed E-state index contributed by atoms with van der Waals surface area (Å²) in [5.74, 6) is 0.657. The molecule has 2 aromatic heterocycles. The van der Waals surface area contributed by atoms with E-state index in [1.807, 2.05) is 18.4 Å². The minimum absolute atomic E-state index is 0.422. The summed E-state index contributed by atoms with van der Waals surface area (Å²) in [5.41, 5.74) is 2.01. The molecule has 0 spiro atoms. The van der Waals surface area contributed by atoms with E-state index in [1.54, 1.807) is 6.33 Å². The molecule has 2 rings (SSSR count). The second-order valence-corrected chi connectivity index (χ2v) is 3.55. The van der Waals surface area contributed by atoms with E-state index in [4.69, 9.17) is 11.6 Å². The average Bonchev–Trinajstić information content (AvgIpc) is 2.62. The van der Waals surface area contributed by atoms with Crippen molar-refractivity contribution < 1.29 is 0 Å². The smallest absolute Gasteiger partial charge is 0.191 e. The average molecular weight is 215 g/mol. The van der Waals surface area contributed by atoms with Gasteiger partial charge in [0.15, 0.2) is 11.0 Å². The van der Waals surface area contributed by atoms with Crippen LogP contribution in [0.5, 0.6) is 0 Å². The van der Waals surface area contributed by atoms with Gasteiger partial charge >= 0.3 is 0 Å². The number of aromatic nitrogens is 4. The van der Waals surface area contributed by atoms with Crippen LogP contribution in [-0.4, -0.2) is 18.3 Å². The summed E-state index contributed by atoms with van der Waals surface area (Å²) in [6, 6.07) is 0. The third-order valence-corrected chi connectivity index (χ3v) is 2.79. The Kier molecular flexibility index (Phi) is 2.05. The maximum absolute atomic E-state index is 5.84. The Morgan fingerprint density at radius 2 is 2.15 bits per heavy atom. The van der Waals surface area contributed by atoms with Gasteiger partial charge in [-0.3, -0.25) is 4.57 Å². The number of hydrogen-bond donors (Lipinski definition) is 0. The Morgan fingerprint density at radius 1 is 1.38 bits per heavy atom. The van der Waals surface area contributed by atoms with Crippen LogP contribution in [0.2, 0.25) is 5.15 Å². The first-order valence-corrected chi connectivity index (χ1v) is 4.80. The second kappa shape index (κ2) is 3.08. The van der Waals surface area contributed by atoms with Crippen molar-refractivity contribution in [2.45, 2.75) is 13.8 Å². The molecular formula is C7H7ClN4S. The molecule has 0 aromatic carbocycles. The zero-order valence-electron chi connectivity index (χ0n) is 7.15. The highest BCUT2D eigenvalue weighted by Gasteiger charge is 2.11. The fraction of sp³-hybridized carbons (Fsp3) is 0.286. The molecule has 2 heterocycles. The van der Waals surface area contributed by atoms with Crippen molar-refractivity contribution in [1.82, 2.24) is 18.3 Å². The molecule has 0 fully saturated rings. The van der Waals surface area contributed by atoms with Gasteiger partial charge in [0.05, 0.1) is 17.4 Å². The standard InChI is InChI=1S/C7H7ClN4S/c1-4-5(2)12(3-9-4)7-6(8)10-13-11-7/h3H,1-2H3. The third kappa shape index (κ3) is 1.34. The van der Waals surface area contributed by atoms with Gasteiger partial charge in [-0.1, -0.05) is 11.6 Å².